The van der Waals surface area contributed by atoms with Crippen LogP contribution in [0.15, 0.2) is 24.5 Å². The molecule has 0 saturated carbocycles. The summed E-state index contributed by atoms with van der Waals surface area (Å²) in [6.45, 7) is 2.24. The van der Waals surface area contributed by atoms with Crippen LogP contribution in [0.4, 0.5) is 5.82 Å². The summed E-state index contributed by atoms with van der Waals surface area (Å²) in [5.74, 6) is 2.04. The van der Waals surface area contributed by atoms with E-state index >= 15 is 0 Å². The smallest absolute Gasteiger partial charge is 0.163 e. The minimum atomic E-state index is 0.848. The topological polar surface area (TPSA) is 41.9 Å². The third-order valence-electron chi connectivity index (χ3n) is 5.89. The molecule has 1 aliphatic heterocycles. The average Bonchev–Trinajstić information content (AvgIpc) is 2.93. The first-order valence-corrected chi connectivity index (χ1v) is 11.2. The molecule has 0 aromatic carbocycles. The van der Waals surface area contributed by atoms with Gasteiger partial charge in [-0.3, -0.25) is 4.98 Å². The van der Waals surface area contributed by atoms with Gasteiger partial charge in [0.2, 0.25) is 0 Å². The Kier molecular flexibility index (Phi) is 4.78. The molecule has 1 aliphatic carbocycles. The minimum Gasteiger partial charge on any atom is -0.356 e. The number of nitrogens with zero attached hydrogens (tertiary/aromatic N) is 4. The summed E-state index contributed by atoms with van der Waals surface area (Å²) in [6, 6.07) is 4.04. The Morgan fingerprint density at radius 2 is 1.56 bits per heavy atom. The summed E-state index contributed by atoms with van der Waals surface area (Å²) in [4.78, 5) is 19.6. The first-order valence-electron chi connectivity index (χ1n) is 10.4. The summed E-state index contributed by atoms with van der Waals surface area (Å²) in [5, 5.41) is 1.36. The van der Waals surface area contributed by atoms with Crippen LogP contribution in [-0.4, -0.2) is 28.0 Å². The molecule has 0 atom stereocenters. The van der Waals surface area contributed by atoms with Gasteiger partial charge in [0.05, 0.1) is 5.39 Å². The fourth-order valence-electron chi connectivity index (χ4n) is 4.46. The number of thiophene rings is 1. The predicted octanol–water partition coefficient (Wildman–Crippen LogP) is 5.40. The van der Waals surface area contributed by atoms with Crippen LogP contribution in [0.25, 0.3) is 21.6 Å². The van der Waals surface area contributed by atoms with Gasteiger partial charge in [0.25, 0.3) is 0 Å². The van der Waals surface area contributed by atoms with E-state index in [4.69, 9.17) is 9.97 Å². The monoisotopic (exact) mass is 378 g/mol. The van der Waals surface area contributed by atoms with E-state index in [0.29, 0.717) is 0 Å². The second kappa shape index (κ2) is 7.55. The lowest BCUT2D eigenvalue weighted by Crippen LogP contribution is -2.25. The van der Waals surface area contributed by atoms with Gasteiger partial charge in [0.15, 0.2) is 5.82 Å². The minimum absolute atomic E-state index is 0.848. The molecule has 3 aromatic heterocycles. The van der Waals surface area contributed by atoms with Crippen LogP contribution in [0.5, 0.6) is 0 Å². The van der Waals surface area contributed by atoms with Gasteiger partial charge in [-0.15, -0.1) is 11.3 Å². The zero-order valence-corrected chi connectivity index (χ0v) is 16.6. The summed E-state index contributed by atoms with van der Waals surface area (Å²) >= 11 is 1.91. The van der Waals surface area contributed by atoms with E-state index in [1.807, 2.05) is 35.9 Å². The highest BCUT2D eigenvalue weighted by Gasteiger charge is 2.24. The molecule has 0 spiro atoms. The molecule has 0 N–H and O–H groups in total. The molecule has 140 valence electrons. The van der Waals surface area contributed by atoms with E-state index in [1.54, 1.807) is 10.4 Å². The van der Waals surface area contributed by atoms with Crippen molar-refractivity contribution in [2.24, 2.45) is 0 Å². The number of aromatic nitrogens is 3. The van der Waals surface area contributed by atoms with Crippen molar-refractivity contribution >= 4 is 27.4 Å². The normalized spacial score (nSPS) is 18.1. The van der Waals surface area contributed by atoms with Gasteiger partial charge in [-0.05, 0) is 56.2 Å². The Labute approximate surface area is 164 Å². The van der Waals surface area contributed by atoms with Gasteiger partial charge in [-0.25, -0.2) is 9.97 Å². The van der Waals surface area contributed by atoms with E-state index in [1.165, 1.54) is 73.8 Å². The second-order valence-electron chi connectivity index (χ2n) is 7.75. The molecule has 0 bridgehead atoms. The Balaban J connectivity index is 1.71. The molecule has 0 amide bonds. The van der Waals surface area contributed by atoms with Gasteiger partial charge in [-0.1, -0.05) is 19.3 Å². The van der Waals surface area contributed by atoms with Crippen LogP contribution in [0.2, 0.25) is 0 Å². The first-order chi connectivity index (χ1) is 13.4. The number of hydrogen-bond acceptors (Lipinski definition) is 5. The van der Waals surface area contributed by atoms with Crippen molar-refractivity contribution in [2.75, 3.05) is 18.0 Å². The number of anilines is 1. The molecule has 4 nitrogen and oxygen atoms in total. The maximum absolute atomic E-state index is 5.14. The SMILES string of the molecule is c1cc(-c2nc(N3CCCCCC3)c3c4c(sc3n2)CCCCC4)ccn1. The highest BCUT2D eigenvalue weighted by molar-refractivity contribution is 7.19. The van der Waals surface area contributed by atoms with Crippen molar-refractivity contribution in [1.29, 1.82) is 0 Å². The van der Waals surface area contributed by atoms with Gasteiger partial charge >= 0.3 is 0 Å². The van der Waals surface area contributed by atoms with Crippen molar-refractivity contribution in [1.82, 2.24) is 15.0 Å². The average molecular weight is 379 g/mol. The molecule has 0 radical (unpaired) electrons. The lowest BCUT2D eigenvalue weighted by Gasteiger charge is -2.23. The molecular formula is C22H26N4S. The third-order valence-corrected chi connectivity index (χ3v) is 7.08. The maximum Gasteiger partial charge on any atom is 0.163 e. The van der Waals surface area contributed by atoms with Gasteiger partial charge in [0.1, 0.15) is 10.6 Å². The van der Waals surface area contributed by atoms with E-state index in [2.05, 4.69) is 9.88 Å². The molecule has 2 aliphatic rings. The molecular weight excluding hydrogens is 352 g/mol. The Morgan fingerprint density at radius 1 is 0.815 bits per heavy atom. The number of aryl methyl sites for hydroxylation is 2. The molecule has 4 heterocycles. The predicted molar refractivity (Wildman–Crippen MR) is 113 cm³/mol. The van der Waals surface area contributed by atoms with Crippen LogP contribution >= 0.6 is 11.3 Å². The lowest BCUT2D eigenvalue weighted by atomic mass is 10.1. The van der Waals surface area contributed by atoms with Crippen LogP contribution in [0.3, 0.4) is 0 Å². The highest BCUT2D eigenvalue weighted by atomic mass is 32.1. The standard InChI is InChI=1S/C22H26N4S/c1-2-7-15-26(14-6-1)21-19-17-8-4-3-5-9-18(17)27-22(19)25-20(24-21)16-10-12-23-13-11-16/h10-13H,1-9,14-15H2. The molecule has 27 heavy (non-hydrogen) atoms. The van der Waals surface area contributed by atoms with Crippen molar-refractivity contribution in [2.45, 2.75) is 57.8 Å². The molecule has 1 fully saturated rings. The molecule has 1 saturated heterocycles. The third kappa shape index (κ3) is 3.33. The zero-order chi connectivity index (χ0) is 18.1. The molecule has 5 rings (SSSR count). The highest BCUT2D eigenvalue weighted by Crippen LogP contribution is 2.40. The number of pyridine rings is 1. The summed E-state index contributed by atoms with van der Waals surface area (Å²) in [5.41, 5.74) is 2.61. The van der Waals surface area contributed by atoms with E-state index in [0.717, 1.165) is 24.5 Å². The van der Waals surface area contributed by atoms with E-state index in [-0.39, 0.29) is 0 Å². The van der Waals surface area contributed by atoms with Crippen molar-refractivity contribution < 1.29 is 0 Å². The summed E-state index contributed by atoms with van der Waals surface area (Å²) in [6.07, 6.45) is 15.2. The number of fused-ring (bicyclic) bond motifs is 3. The van der Waals surface area contributed by atoms with Crippen LogP contribution in [0.1, 0.15) is 55.4 Å². The zero-order valence-electron chi connectivity index (χ0n) is 15.8. The van der Waals surface area contributed by atoms with Crippen molar-refractivity contribution in [3.05, 3.63) is 35.0 Å². The summed E-state index contributed by atoms with van der Waals surface area (Å²) < 4.78 is 0. The summed E-state index contributed by atoms with van der Waals surface area (Å²) in [7, 11) is 0. The first kappa shape index (κ1) is 17.1. The number of rotatable bonds is 2. The molecule has 0 unspecified atom stereocenters. The van der Waals surface area contributed by atoms with Crippen molar-refractivity contribution in [3.63, 3.8) is 0 Å². The Hall–Kier alpha value is -2.01. The van der Waals surface area contributed by atoms with E-state index < -0.39 is 0 Å². The number of hydrogen-bond donors (Lipinski definition) is 0. The molecule has 3 aromatic rings. The maximum atomic E-state index is 5.14. The van der Waals surface area contributed by atoms with Crippen LogP contribution < -0.4 is 4.90 Å². The molecule has 5 heteroatoms. The van der Waals surface area contributed by atoms with Crippen molar-refractivity contribution in [3.8, 4) is 11.4 Å². The van der Waals surface area contributed by atoms with Gasteiger partial charge in [-0.2, -0.15) is 0 Å². The fraction of sp³-hybridized carbons (Fsp3) is 0.500. The quantitative estimate of drug-likeness (QED) is 0.560. The van der Waals surface area contributed by atoms with Crippen LogP contribution in [-0.2, 0) is 12.8 Å². The van der Waals surface area contributed by atoms with Gasteiger partial charge < -0.3 is 4.90 Å². The van der Waals surface area contributed by atoms with Gasteiger partial charge in [0, 0.05) is 35.9 Å². The Morgan fingerprint density at radius 3 is 2.37 bits per heavy atom. The lowest BCUT2D eigenvalue weighted by molar-refractivity contribution is 0.713. The van der Waals surface area contributed by atoms with E-state index in [9.17, 15) is 0 Å². The fourth-order valence-corrected chi connectivity index (χ4v) is 5.71. The van der Waals surface area contributed by atoms with Crippen LogP contribution in [0, 0.1) is 0 Å². The second-order valence-corrected chi connectivity index (χ2v) is 8.84. The largest absolute Gasteiger partial charge is 0.356 e. The Bertz CT molecular complexity index is 926.